The monoisotopic (exact) mass is 473 g/mol. The van der Waals surface area contributed by atoms with Gasteiger partial charge in [0.15, 0.2) is 0 Å². The molecule has 0 aliphatic carbocycles. The van der Waals surface area contributed by atoms with Crippen molar-refractivity contribution in [2.75, 3.05) is 41.7 Å². The Hall–Kier alpha value is -2.36. The van der Waals surface area contributed by atoms with E-state index in [-0.39, 0.29) is 23.3 Å². The van der Waals surface area contributed by atoms with Crippen LogP contribution in [0.4, 0.5) is 11.4 Å². The van der Waals surface area contributed by atoms with Gasteiger partial charge in [-0.2, -0.15) is 4.31 Å². The van der Waals surface area contributed by atoms with E-state index in [2.05, 4.69) is 0 Å². The third kappa shape index (κ3) is 4.16. The number of anilines is 2. The van der Waals surface area contributed by atoms with E-state index in [0.29, 0.717) is 31.8 Å². The molecule has 9 heteroatoms. The summed E-state index contributed by atoms with van der Waals surface area (Å²) in [5.74, 6) is 0.0632. The summed E-state index contributed by atoms with van der Waals surface area (Å²) in [6, 6.07) is 12.6. The summed E-state index contributed by atoms with van der Waals surface area (Å²) in [7, 11) is -3.56. The Labute approximate surface area is 193 Å². The van der Waals surface area contributed by atoms with Crippen LogP contribution in [-0.4, -0.2) is 56.5 Å². The van der Waals surface area contributed by atoms with Crippen molar-refractivity contribution in [3.8, 4) is 0 Å². The molecule has 0 aromatic heterocycles. The number of hydrogen-bond acceptors (Lipinski definition) is 5. The number of para-hydroxylation sites is 1. The summed E-state index contributed by atoms with van der Waals surface area (Å²) in [6.07, 6.45) is 1.46. The summed E-state index contributed by atoms with van der Waals surface area (Å²) >= 11 is 1.48. The molecule has 4 rings (SSSR count). The highest BCUT2D eigenvalue weighted by Gasteiger charge is 2.31. The van der Waals surface area contributed by atoms with Crippen LogP contribution in [0.2, 0.25) is 0 Å². The van der Waals surface area contributed by atoms with Gasteiger partial charge in [-0.3, -0.25) is 9.59 Å². The molecule has 0 radical (unpaired) electrons. The maximum Gasteiger partial charge on any atom is 0.247 e. The fraction of sp³-hybridized carbons (Fsp3) is 0.391. The molecule has 170 valence electrons. The molecule has 0 fully saturated rings. The van der Waals surface area contributed by atoms with Gasteiger partial charge in [0.2, 0.25) is 21.8 Å². The van der Waals surface area contributed by atoms with Gasteiger partial charge in [-0.1, -0.05) is 26.0 Å². The Morgan fingerprint density at radius 2 is 1.84 bits per heavy atom. The Balaban J connectivity index is 1.60. The SMILES string of the molecule is CCN(CC)S(=O)(=O)c1ccc2c(c1)CCCN2C(=O)CN1C(=O)CSc2ccccc21. The third-order valence-corrected chi connectivity index (χ3v) is 9.01. The molecular formula is C23H27N3O4S2. The van der Waals surface area contributed by atoms with Crippen molar-refractivity contribution >= 4 is 45.0 Å². The summed E-state index contributed by atoms with van der Waals surface area (Å²) in [6.45, 7) is 4.97. The molecule has 2 aliphatic heterocycles. The van der Waals surface area contributed by atoms with Gasteiger partial charge in [0.05, 0.1) is 16.3 Å². The highest BCUT2D eigenvalue weighted by Crippen LogP contribution is 2.36. The number of sulfonamides is 1. The van der Waals surface area contributed by atoms with Gasteiger partial charge in [-0.15, -0.1) is 11.8 Å². The van der Waals surface area contributed by atoms with Crippen LogP contribution < -0.4 is 9.80 Å². The average Bonchev–Trinajstić information content (AvgIpc) is 2.80. The van der Waals surface area contributed by atoms with Gasteiger partial charge in [0, 0.05) is 30.2 Å². The molecule has 0 bridgehead atoms. The molecule has 0 spiro atoms. The lowest BCUT2D eigenvalue weighted by atomic mass is 10.0. The van der Waals surface area contributed by atoms with E-state index in [1.165, 1.54) is 16.1 Å². The molecule has 2 aromatic rings. The quantitative estimate of drug-likeness (QED) is 0.644. The lowest BCUT2D eigenvalue weighted by molar-refractivity contribution is -0.121. The summed E-state index contributed by atoms with van der Waals surface area (Å²) in [5.41, 5.74) is 2.34. The number of fused-ring (bicyclic) bond motifs is 2. The highest BCUT2D eigenvalue weighted by atomic mass is 32.2. The summed E-state index contributed by atoms with van der Waals surface area (Å²) in [4.78, 5) is 30.3. The molecule has 0 N–H and O–H groups in total. The number of carbonyl (C=O) groups excluding carboxylic acids is 2. The zero-order valence-electron chi connectivity index (χ0n) is 18.3. The van der Waals surface area contributed by atoms with Crippen LogP contribution in [0.15, 0.2) is 52.3 Å². The van der Waals surface area contributed by atoms with E-state index in [4.69, 9.17) is 0 Å². The van der Waals surface area contributed by atoms with Crippen LogP contribution in [0.3, 0.4) is 0 Å². The van der Waals surface area contributed by atoms with E-state index in [9.17, 15) is 18.0 Å². The Morgan fingerprint density at radius 1 is 1.09 bits per heavy atom. The molecule has 2 aliphatic rings. The number of hydrogen-bond donors (Lipinski definition) is 0. The van der Waals surface area contributed by atoms with E-state index in [0.717, 1.165) is 28.3 Å². The van der Waals surface area contributed by atoms with Gasteiger partial charge in [0.1, 0.15) is 6.54 Å². The Morgan fingerprint density at radius 3 is 2.59 bits per heavy atom. The smallest absolute Gasteiger partial charge is 0.247 e. The Kier molecular flexibility index (Phi) is 6.60. The van der Waals surface area contributed by atoms with E-state index >= 15 is 0 Å². The molecule has 2 heterocycles. The third-order valence-electron chi connectivity index (χ3n) is 5.92. The molecule has 32 heavy (non-hydrogen) atoms. The van der Waals surface area contributed by atoms with Crippen molar-refractivity contribution in [2.45, 2.75) is 36.5 Å². The zero-order valence-corrected chi connectivity index (χ0v) is 19.9. The standard InChI is InChI=1S/C23H27N3O4S2/c1-3-24(4-2)32(29,30)18-11-12-19-17(14-18)8-7-13-25(19)22(27)15-26-20-9-5-6-10-21(20)31-16-23(26)28/h5-6,9-12,14H,3-4,7-8,13,15-16H2,1-2H3. The van der Waals surface area contributed by atoms with Crippen molar-refractivity contribution < 1.29 is 18.0 Å². The van der Waals surface area contributed by atoms with Crippen LogP contribution in [0.5, 0.6) is 0 Å². The fourth-order valence-electron chi connectivity index (χ4n) is 4.25. The van der Waals surface area contributed by atoms with Crippen LogP contribution in [-0.2, 0) is 26.0 Å². The second-order valence-electron chi connectivity index (χ2n) is 7.77. The largest absolute Gasteiger partial charge is 0.311 e. The molecule has 0 unspecified atom stereocenters. The van der Waals surface area contributed by atoms with Gasteiger partial charge < -0.3 is 9.80 Å². The molecule has 7 nitrogen and oxygen atoms in total. The second kappa shape index (κ2) is 9.25. The fourth-order valence-corrected chi connectivity index (χ4v) is 6.70. The Bertz CT molecular complexity index is 1150. The maximum atomic E-state index is 13.3. The number of rotatable bonds is 6. The first-order chi connectivity index (χ1) is 15.4. The van der Waals surface area contributed by atoms with Crippen molar-refractivity contribution in [1.29, 1.82) is 0 Å². The van der Waals surface area contributed by atoms with Crippen molar-refractivity contribution in [3.63, 3.8) is 0 Å². The van der Waals surface area contributed by atoms with Crippen LogP contribution in [0, 0.1) is 0 Å². The minimum absolute atomic E-state index is 0.0324. The van der Waals surface area contributed by atoms with Crippen molar-refractivity contribution in [3.05, 3.63) is 48.0 Å². The van der Waals surface area contributed by atoms with Gasteiger partial charge in [-0.05, 0) is 48.7 Å². The van der Waals surface area contributed by atoms with Crippen molar-refractivity contribution in [2.24, 2.45) is 0 Å². The van der Waals surface area contributed by atoms with Crippen molar-refractivity contribution in [1.82, 2.24) is 4.31 Å². The molecule has 0 atom stereocenters. The first-order valence-corrected chi connectivity index (χ1v) is 13.2. The first-order valence-electron chi connectivity index (χ1n) is 10.8. The molecular weight excluding hydrogens is 446 g/mol. The minimum Gasteiger partial charge on any atom is -0.311 e. The highest BCUT2D eigenvalue weighted by molar-refractivity contribution is 8.00. The number of thioether (sulfide) groups is 1. The van der Waals surface area contributed by atoms with E-state index in [1.54, 1.807) is 28.0 Å². The van der Waals surface area contributed by atoms with Crippen LogP contribution in [0.25, 0.3) is 0 Å². The number of benzene rings is 2. The van der Waals surface area contributed by atoms with E-state index in [1.807, 2.05) is 38.1 Å². The number of carbonyl (C=O) groups is 2. The molecule has 0 saturated heterocycles. The van der Waals surface area contributed by atoms with Gasteiger partial charge in [-0.25, -0.2) is 8.42 Å². The van der Waals surface area contributed by atoms with Crippen LogP contribution in [0.1, 0.15) is 25.8 Å². The minimum atomic E-state index is -3.56. The van der Waals surface area contributed by atoms with Crippen LogP contribution >= 0.6 is 11.8 Å². The number of amides is 2. The molecule has 2 aromatic carbocycles. The van der Waals surface area contributed by atoms with Gasteiger partial charge >= 0.3 is 0 Å². The lowest BCUT2D eigenvalue weighted by Gasteiger charge is -2.34. The number of aryl methyl sites for hydroxylation is 1. The summed E-state index contributed by atoms with van der Waals surface area (Å²) in [5, 5.41) is 0. The predicted molar refractivity (Wildman–Crippen MR) is 127 cm³/mol. The maximum absolute atomic E-state index is 13.3. The van der Waals surface area contributed by atoms with Gasteiger partial charge in [0.25, 0.3) is 0 Å². The average molecular weight is 474 g/mol. The summed E-state index contributed by atoms with van der Waals surface area (Å²) < 4.78 is 27.2. The topological polar surface area (TPSA) is 78.0 Å². The lowest BCUT2D eigenvalue weighted by Crippen LogP contribution is -2.46. The molecule has 2 amide bonds. The predicted octanol–water partition coefficient (Wildman–Crippen LogP) is 3.14. The normalized spacial score (nSPS) is 16.2. The number of nitrogens with zero attached hydrogens (tertiary/aromatic N) is 3. The molecule has 0 saturated carbocycles. The van der Waals surface area contributed by atoms with E-state index < -0.39 is 10.0 Å². The zero-order chi connectivity index (χ0) is 22.9. The first kappa shape index (κ1) is 22.8. The second-order valence-corrected chi connectivity index (χ2v) is 10.7.